The summed E-state index contributed by atoms with van der Waals surface area (Å²) >= 11 is 1.31. The van der Waals surface area contributed by atoms with E-state index < -0.39 is 10.0 Å². The minimum absolute atomic E-state index is 0. The maximum atomic E-state index is 11.7. The van der Waals surface area contributed by atoms with Gasteiger partial charge in [0.2, 0.25) is 10.0 Å². The molecule has 0 saturated heterocycles. The third-order valence-electron chi connectivity index (χ3n) is 2.08. The fraction of sp³-hybridized carbons (Fsp3) is 0.556. The van der Waals surface area contributed by atoms with Crippen LogP contribution in [0, 0.1) is 13.8 Å². The molecule has 1 rings (SSSR count). The average Bonchev–Trinajstić information content (AvgIpc) is 2.48. The second kappa shape index (κ2) is 6.56. The summed E-state index contributed by atoms with van der Waals surface area (Å²) in [6, 6.07) is 1.71. The Morgan fingerprint density at radius 3 is 2.38 bits per heavy atom. The van der Waals surface area contributed by atoms with Gasteiger partial charge >= 0.3 is 0 Å². The van der Waals surface area contributed by atoms with Gasteiger partial charge in [0.15, 0.2) is 0 Å². The monoisotopic (exact) mass is 284 g/mol. The van der Waals surface area contributed by atoms with E-state index in [-0.39, 0.29) is 12.4 Å². The van der Waals surface area contributed by atoms with Crippen molar-refractivity contribution in [2.24, 2.45) is 0 Å². The first-order valence-electron chi connectivity index (χ1n) is 4.68. The summed E-state index contributed by atoms with van der Waals surface area (Å²) in [5, 5.41) is 2.88. The lowest BCUT2D eigenvalue weighted by Gasteiger charge is -2.03. The lowest BCUT2D eigenvalue weighted by atomic mass is 10.3. The Balaban J connectivity index is 0.00000225. The van der Waals surface area contributed by atoms with E-state index in [0.717, 1.165) is 10.4 Å². The van der Waals surface area contributed by atoms with E-state index >= 15 is 0 Å². The molecule has 0 saturated carbocycles. The largest absolute Gasteiger partial charge is 0.318 e. The molecule has 0 spiro atoms. The van der Waals surface area contributed by atoms with Gasteiger partial charge in [-0.05, 0) is 32.5 Å². The number of aryl methyl sites for hydroxylation is 2. The van der Waals surface area contributed by atoms with E-state index in [0.29, 0.717) is 17.3 Å². The Morgan fingerprint density at radius 1 is 1.31 bits per heavy atom. The van der Waals surface area contributed by atoms with Crippen LogP contribution in [0.3, 0.4) is 0 Å². The van der Waals surface area contributed by atoms with Gasteiger partial charge in [0.1, 0.15) is 4.21 Å². The molecule has 1 aromatic rings. The predicted molar refractivity (Wildman–Crippen MR) is 70.2 cm³/mol. The van der Waals surface area contributed by atoms with Gasteiger partial charge in [0.05, 0.1) is 0 Å². The van der Waals surface area contributed by atoms with E-state index in [1.807, 2.05) is 13.8 Å². The van der Waals surface area contributed by atoms with Gasteiger partial charge in [-0.25, -0.2) is 13.1 Å². The normalized spacial score (nSPS) is 11.2. The Hall–Kier alpha value is -0.140. The summed E-state index contributed by atoms with van der Waals surface area (Å²) in [5.41, 5.74) is 1.02. The van der Waals surface area contributed by atoms with Gasteiger partial charge in [-0.1, -0.05) is 0 Å². The Morgan fingerprint density at radius 2 is 1.94 bits per heavy atom. The van der Waals surface area contributed by atoms with Crippen molar-refractivity contribution in [2.45, 2.75) is 18.1 Å². The number of thiophene rings is 1. The van der Waals surface area contributed by atoms with Crippen molar-refractivity contribution in [3.63, 3.8) is 0 Å². The van der Waals surface area contributed by atoms with Crippen LogP contribution in [-0.2, 0) is 10.0 Å². The standard InChI is InChI=1S/C9H16N2O2S2.ClH/c1-7-6-9(14-8(7)2)15(12,13)11-5-4-10-3;/h6,10-11H,4-5H2,1-3H3;1H. The summed E-state index contributed by atoms with van der Waals surface area (Å²) in [6.45, 7) is 4.88. The molecule has 0 unspecified atom stereocenters. The van der Waals surface area contributed by atoms with Crippen LogP contribution in [0.1, 0.15) is 10.4 Å². The maximum Gasteiger partial charge on any atom is 0.250 e. The molecule has 1 aromatic heterocycles. The molecule has 0 amide bonds. The highest BCUT2D eigenvalue weighted by molar-refractivity contribution is 7.91. The Kier molecular flexibility index (Phi) is 6.50. The Bertz CT molecular complexity index is 409. The van der Waals surface area contributed by atoms with Gasteiger partial charge in [0.25, 0.3) is 0 Å². The third-order valence-corrected chi connectivity index (χ3v) is 5.16. The van der Waals surface area contributed by atoms with Crippen molar-refractivity contribution >= 4 is 33.8 Å². The summed E-state index contributed by atoms with van der Waals surface area (Å²) in [6.07, 6.45) is 0. The number of hydrogen-bond acceptors (Lipinski definition) is 4. The summed E-state index contributed by atoms with van der Waals surface area (Å²) < 4.78 is 26.4. The van der Waals surface area contributed by atoms with Gasteiger partial charge in [-0.3, -0.25) is 0 Å². The molecule has 94 valence electrons. The van der Waals surface area contributed by atoms with Crippen molar-refractivity contribution in [3.05, 3.63) is 16.5 Å². The average molecular weight is 285 g/mol. The summed E-state index contributed by atoms with van der Waals surface area (Å²) in [5.74, 6) is 0. The van der Waals surface area contributed by atoms with Gasteiger partial charge in [-0.2, -0.15) is 0 Å². The van der Waals surface area contributed by atoms with Crippen LogP contribution in [0.5, 0.6) is 0 Å². The quantitative estimate of drug-likeness (QED) is 0.801. The highest BCUT2D eigenvalue weighted by Crippen LogP contribution is 2.24. The van der Waals surface area contributed by atoms with Crippen LogP contribution in [0.15, 0.2) is 10.3 Å². The molecular formula is C9H17ClN2O2S2. The fourth-order valence-electron chi connectivity index (χ4n) is 1.05. The molecule has 2 N–H and O–H groups in total. The molecule has 0 fully saturated rings. The number of nitrogens with one attached hydrogen (secondary N) is 2. The van der Waals surface area contributed by atoms with E-state index in [9.17, 15) is 8.42 Å². The number of rotatable bonds is 5. The van der Waals surface area contributed by atoms with Gasteiger partial charge in [-0.15, -0.1) is 23.7 Å². The van der Waals surface area contributed by atoms with Crippen LogP contribution in [-0.4, -0.2) is 28.6 Å². The summed E-state index contributed by atoms with van der Waals surface area (Å²) in [4.78, 5) is 1.05. The molecule has 0 aromatic carbocycles. The molecule has 0 aliphatic rings. The predicted octanol–water partition coefficient (Wildman–Crippen LogP) is 1.28. The zero-order valence-electron chi connectivity index (χ0n) is 9.53. The van der Waals surface area contributed by atoms with Crippen molar-refractivity contribution < 1.29 is 8.42 Å². The van der Waals surface area contributed by atoms with Crippen LogP contribution in [0.2, 0.25) is 0 Å². The van der Waals surface area contributed by atoms with E-state index in [1.54, 1.807) is 13.1 Å². The maximum absolute atomic E-state index is 11.7. The summed E-state index contributed by atoms with van der Waals surface area (Å²) in [7, 11) is -1.52. The van der Waals surface area contributed by atoms with Gasteiger partial charge in [0, 0.05) is 18.0 Å². The van der Waals surface area contributed by atoms with Crippen LogP contribution >= 0.6 is 23.7 Å². The molecule has 4 nitrogen and oxygen atoms in total. The number of hydrogen-bond donors (Lipinski definition) is 2. The highest BCUT2D eigenvalue weighted by Gasteiger charge is 2.16. The van der Waals surface area contributed by atoms with Gasteiger partial charge < -0.3 is 5.32 Å². The zero-order valence-corrected chi connectivity index (χ0v) is 12.0. The first-order valence-corrected chi connectivity index (χ1v) is 6.98. The molecule has 0 bridgehead atoms. The molecule has 0 aliphatic carbocycles. The second-order valence-electron chi connectivity index (χ2n) is 3.31. The minimum Gasteiger partial charge on any atom is -0.318 e. The molecule has 0 atom stereocenters. The van der Waals surface area contributed by atoms with Crippen molar-refractivity contribution in [1.82, 2.24) is 10.0 Å². The van der Waals surface area contributed by atoms with E-state index in [1.165, 1.54) is 11.3 Å². The molecule has 1 heterocycles. The number of sulfonamides is 1. The van der Waals surface area contributed by atoms with Crippen LogP contribution < -0.4 is 10.0 Å². The Labute approximate surface area is 107 Å². The lowest BCUT2D eigenvalue weighted by Crippen LogP contribution is -2.30. The zero-order chi connectivity index (χ0) is 11.5. The van der Waals surface area contributed by atoms with Crippen molar-refractivity contribution in [1.29, 1.82) is 0 Å². The number of likely N-dealkylation sites (N-methyl/N-ethyl adjacent to an activating group) is 1. The molecule has 16 heavy (non-hydrogen) atoms. The van der Waals surface area contributed by atoms with Crippen molar-refractivity contribution in [3.8, 4) is 0 Å². The first kappa shape index (κ1) is 15.9. The van der Waals surface area contributed by atoms with Crippen LogP contribution in [0.25, 0.3) is 0 Å². The van der Waals surface area contributed by atoms with Crippen molar-refractivity contribution in [2.75, 3.05) is 20.1 Å². The fourth-order valence-corrected chi connectivity index (χ4v) is 3.65. The number of halogens is 1. The molecular weight excluding hydrogens is 268 g/mol. The van der Waals surface area contributed by atoms with E-state index in [2.05, 4.69) is 10.0 Å². The van der Waals surface area contributed by atoms with E-state index in [4.69, 9.17) is 0 Å². The SMILES string of the molecule is CNCCNS(=O)(=O)c1cc(C)c(C)s1.Cl. The van der Waals surface area contributed by atoms with Crippen LogP contribution in [0.4, 0.5) is 0 Å². The third kappa shape index (κ3) is 4.03. The first-order chi connectivity index (χ1) is 6.97. The molecule has 0 radical (unpaired) electrons. The smallest absolute Gasteiger partial charge is 0.250 e. The second-order valence-corrected chi connectivity index (χ2v) is 6.56. The molecule has 0 aliphatic heterocycles. The lowest BCUT2D eigenvalue weighted by molar-refractivity contribution is 0.581. The minimum atomic E-state index is -3.31. The molecule has 7 heteroatoms. The highest BCUT2D eigenvalue weighted by atomic mass is 35.5. The topological polar surface area (TPSA) is 58.2 Å².